The molecular weight excluding hydrogens is 503 g/mol. The molecule has 0 heterocycles. The van der Waals surface area contributed by atoms with Crippen molar-refractivity contribution >= 4 is 23.9 Å². The number of nitrogens with zero attached hydrogens (tertiary/aromatic N) is 1. The number of ether oxygens (including phenoxy) is 3. The van der Waals surface area contributed by atoms with Crippen LogP contribution < -0.4 is 31.2 Å². The third-order valence-corrected chi connectivity index (χ3v) is 4.54. The van der Waals surface area contributed by atoms with Gasteiger partial charge in [-0.1, -0.05) is 29.8 Å². The predicted molar refractivity (Wildman–Crippen MR) is 130 cm³/mol. The van der Waals surface area contributed by atoms with E-state index in [0.717, 1.165) is 24.1 Å². The maximum Gasteiger partial charge on any atom is 0.573 e. The van der Waals surface area contributed by atoms with Crippen LogP contribution in [0.4, 0.5) is 13.2 Å². The number of hydrogen-bond donors (Lipinski definition) is 4. The molecule has 0 aliphatic carbocycles. The van der Waals surface area contributed by atoms with Crippen LogP contribution in [0.25, 0.3) is 0 Å². The van der Waals surface area contributed by atoms with Crippen LogP contribution in [-0.2, 0) is 16.1 Å². The van der Waals surface area contributed by atoms with Gasteiger partial charge in [0.05, 0.1) is 13.2 Å². The third kappa shape index (κ3) is 10.8. The zero-order valence-electron chi connectivity index (χ0n) is 19.4. The van der Waals surface area contributed by atoms with Crippen LogP contribution in [0.15, 0.2) is 65.0 Å². The van der Waals surface area contributed by atoms with Crippen molar-refractivity contribution in [2.75, 3.05) is 33.4 Å². The van der Waals surface area contributed by atoms with E-state index < -0.39 is 18.0 Å². The number of alkyl halides is 3. The molecule has 0 bridgehead atoms. The summed E-state index contributed by atoms with van der Waals surface area (Å²) in [5.74, 6) is -0.748. The second kappa shape index (κ2) is 14.8. The highest BCUT2D eigenvalue weighted by molar-refractivity contribution is 6.30. The SMILES string of the molecule is CN/C(N=COc1cccc(OC(F)(F)F)c1)=C(/NCc1ccc(Cl)cc1)C(=O)NCCOCCN. The molecule has 0 fully saturated rings. The zero-order chi connectivity index (χ0) is 26.4. The molecule has 13 heteroatoms. The van der Waals surface area contributed by atoms with Gasteiger partial charge < -0.3 is 35.9 Å². The normalized spacial score (nSPS) is 12.2. The van der Waals surface area contributed by atoms with Crippen LogP contribution in [-0.4, -0.2) is 52.0 Å². The number of halogens is 4. The summed E-state index contributed by atoms with van der Waals surface area (Å²) < 4.78 is 51.7. The van der Waals surface area contributed by atoms with Crippen LogP contribution in [0, 0.1) is 0 Å². The van der Waals surface area contributed by atoms with E-state index in [4.69, 9.17) is 26.8 Å². The number of rotatable bonds is 14. The number of nitrogens with one attached hydrogen (secondary N) is 3. The molecule has 0 unspecified atom stereocenters. The van der Waals surface area contributed by atoms with Crippen molar-refractivity contribution in [3.8, 4) is 11.5 Å². The summed E-state index contributed by atoms with van der Waals surface area (Å²) in [4.78, 5) is 17.0. The molecule has 2 aromatic carbocycles. The van der Waals surface area contributed by atoms with E-state index in [2.05, 4.69) is 25.7 Å². The predicted octanol–water partition coefficient (Wildman–Crippen LogP) is 2.92. The summed E-state index contributed by atoms with van der Waals surface area (Å²) in [6.45, 7) is 1.51. The first-order valence-corrected chi connectivity index (χ1v) is 11.1. The van der Waals surface area contributed by atoms with Gasteiger partial charge >= 0.3 is 6.36 Å². The molecule has 0 atom stereocenters. The van der Waals surface area contributed by atoms with Gasteiger partial charge in [0.15, 0.2) is 12.2 Å². The highest BCUT2D eigenvalue weighted by Crippen LogP contribution is 2.25. The van der Waals surface area contributed by atoms with Crippen LogP contribution in [0.1, 0.15) is 5.56 Å². The van der Waals surface area contributed by atoms with E-state index >= 15 is 0 Å². The number of carbonyl (C=O) groups excluding carboxylic acids is 1. The van der Waals surface area contributed by atoms with Gasteiger partial charge in [-0.15, -0.1) is 13.2 Å². The van der Waals surface area contributed by atoms with Gasteiger partial charge in [0.1, 0.15) is 17.2 Å². The minimum Gasteiger partial charge on any atom is -0.446 e. The van der Waals surface area contributed by atoms with Gasteiger partial charge in [0.2, 0.25) is 0 Å². The molecule has 2 rings (SSSR count). The smallest absolute Gasteiger partial charge is 0.446 e. The van der Waals surface area contributed by atoms with E-state index in [1.165, 1.54) is 12.1 Å². The van der Waals surface area contributed by atoms with Gasteiger partial charge in [-0.05, 0) is 29.8 Å². The Kier molecular flexibility index (Phi) is 11.8. The highest BCUT2D eigenvalue weighted by Gasteiger charge is 2.31. The molecule has 196 valence electrons. The molecule has 0 saturated carbocycles. The lowest BCUT2D eigenvalue weighted by Crippen LogP contribution is -2.36. The second-order valence-corrected chi connectivity index (χ2v) is 7.42. The topological polar surface area (TPSA) is 119 Å². The van der Waals surface area contributed by atoms with E-state index in [9.17, 15) is 18.0 Å². The van der Waals surface area contributed by atoms with Crippen molar-refractivity contribution in [3.05, 3.63) is 70.6 Å². The van der Waals surface area contributed by atoms with E-state index in [1.807, 2.05) is 0 Å². The minimum atomic E-state index is -4.83. The summed E-state index contributed by atoms with van der Waals surface area (Å²) in [7, 11) is 1.55. The van der Waals surface area contributed by atoms with Crippen molar-refractivity contribution in [1.82, 2.24) is 16.0 Å². The fourth-order valence-corrected chi connectivity index (χ4v) is 2.84. The summed E-state index contributed by atoms with van der Waals surface area (Å²) in [5, 5.41) is 9.12. The number of hydrogen-bond acceptors (Lipinski definition) is 8. The minimum absolute atomic E-state index is 0.0492. The Balaban J connectivity index is 2.16. The summed E-state index contributed by atoms with van der Waals surface area (Å²) in [6.07, 6.45) is -3.84. The molecule has 0 aromatic heterocycles. The zero-order valence-corrected chi connectivity index (χ0v) is 20.2. The Morgan fingerprint density at radius 1 is 1.11 bits per heavy atom. The first-order chi connectivity index (χ1) is 17.2. The average molecular weight is 530 g/mol. The number of nitrogens with two attached hydrogens (primary N) is 1. The van der Waals surface area contributed by atoms with Crippen molar-refractivity contribution in [2.45, 2.75) is 12.9 Å². The molecule has 1 amide bonds. The molecule has 2 aromatic rings. The molecule has 36 heavy (non-hydrogen) atoms. The van der Waals surface area contributed by atoms with Crippen LogP contribution >= 0.6 is 11.6 Å². The highest BCUT2D eigenvalue weighted by atomic mass is 35.5. The van der Waals surface area contributed by atoms with Crippen LogP contribution in [0.3, 0.4) is 0 Å². The van der Waals surface area contributed by atoms with Crippen LogP contribution in [0.5, 0.6) is 11.5 Å². The standard InChI is InChI=1S/C23H27ClF3N5O4/c1-29-21(32-15-35-18-3-2-4-19(13-18)36-23(25,26)27)20(22(33)30-10-12-34-11-9-28)31-14-16-5-7-17(24)8-6-16/h2-8,13,15,29,31H,9-12,14,28H2,1H3,(H,30,33)/b21-20-,32-15?. The summed E-state index contributed by atoms with van der Waals surface area (Å²) in [5.41, 5.74) is 6.33. The first kappa shape index (κ1) is 28.8. The molecule has 0 aliphatic heterocycles. The average Bonchev–Trinajstić information content (AvgIpc) is 2.83. The van der Waals surface area contributed by atoms with Crippen molar-refractivity contribution < 1.29 is 32.2 Å². The Hall–Kier alpha value is -3.48. The molecule has 0 spiro atoms. The van der Waals surface area contributed by atoms with Crippen LogP contribution in [0.2, 0.25) is 5.02 Å². The summed E-state index contributed by atoms with van der Waals surface area (Å²) in [6, 6.07) is 12.0. The maximum absolute atomic E-state index is 12.9. The third-order valence-electron chi connectivity index (χ3n) is 4.29. The van der Waals surface area contributed by atoms with Crippen molar-refractivity contribution in [1.29, 1.82) is 0 Å². The lowest BCUT2D eigenvalue weighted by atomic mass is 10.2. The first-order valence-electron chi connectivity index (χ1n) is 10.7. The van der Waals surface area contributed by atoms with E-state index in [1.54, 1.807) is 31.3 Å². The maximum atomic E-state index is 12.9. The molecule has 0 aliphatic rings. The van der Waals surface area contributed by atoms with E-state index in [0.29, 0.717) is 18.2 Å². The van der Waals surface area contributed by atoms with Crippen molar-refractivity contribution in [3.63, 3.8) is 0 Å². The number of carbonyl (C=O) groups is 1. The fraction of sp³-hybridized carbons (Fsp3) is 0.304. The summed E-state index contributed by atoms with van der Waals surface area (Å²) >= 11 is 5.92. The Labute approximate surface area is 211 Å². The van der Waals surface area contributed by atoms with E-state index in [-0.39, 0.29) is 37.0 Å². The largest absolute Gasteiger partial charge is 0.573 e. The van der Waals surface area contributed by atoms with Crippen molar-refractivity contribution in [2.24, 2.45) is 10.7 Å². The van der Waals surface area contributed by atoms with Gasteiger partial charge in [-0.2, -0.15) is 0 Å². The van der Waals surface area contributed by atoms with Gasteiger partial charge in [0, 0.05) is 37.8 Å². The molecular formula is C23H27ClF3N5O4. The molecule has 0 radical (unpaired) electrons. The monoisotopic (exact) mass is 529 g/mol. The Morgan fingerprint density at radius 3 is 2.50 bits per heavy atom. The second-order valence-electron chi connectivity index (χ2n) is 6.99. The number of benzene rings is 2. The Bertz CT molecular complexity index is 1030. The fourth-order valence-electron chi connectivity index (χ4n) is 2.71. The number of aliphatic imine (C=N–C) groups is 1. The van der Waals surface area contributed by atoms with Gasteiger partial charge in [0.25, 0.3) is 5.91 Å². The quantitative estimate of drug-likeness (QED) is 0.129. The molecule has 9 nitrogen and oxygen atoms in total. The molecule has 0 saturated heterocycles. The van der Waals surface area contributed by atoms with Gasteiger partial charge in [-0.3, -0.25) is 4.79 Å². The molecule has 5 N–H and O–H groups in total. The van der Waals surface area contributed by atoms with Gasteiger partial charge in [-0.25, -0.2) is 4.99 Å². The number of amides is 1. The Morgan fingerprint density at radius 2 is 1.83 bits per heavy atom. The lowest BCUT2D eigenvalue weighted by Gasteiger charge is -2.15. The lowest BCUT2D eigenvalue weighted by molar-refractivity contribution is -0.274.